The molecule has 1 amide bonds. The minimum atomic E-state index is -0.527. The summed E-state index contributed by atoms with van der Waals surface area (Å²) in [6.45, 7) is 2.02. The van der Waals surface area contributed by atoms with Gasteiger partial charge in [-0.3, -0.25) is 4.79 Å². The average Bonchev–Trinajstić information content (AvgIpc) is 2.31. The number of benzene rings is 2. The minimum absolute atomic E-state index is 0.327. The Bertz CT molecular complexity index is 593. The Morgan fingerprint density at radius 1 is 1.11 bits per heavy atom. The fourth-order valence-electron chi connectivity index (χ4n) is 1.74. The summed E-state index contributed by atoms with van der Waals surface area (Å²) in [5, 5.41) is 3.20. The second kappa shape index (κ2) is 4.79. The summed E-state index contributed by atoms with van der Waals surface area (Å²) in [4.78, 5) is 11.2. The second-order valence-corrected chi connectivity index (χ2v) is 4.16. The highest BCUT2D eigenvalue weighted by atomic mass is 16.1. The highest BCUT2D eigenvalue weighted by Crippen LogP contribution is 2.21. The molecule has 2 aromatic rings. The molecule has 0 unspecified atom stereocenters. The van der Waals surface area contributed by atoms with Crippen molar-refractivity contribution in [3.63, 3.8) is 0 Å². The van der Waals surface area contributed by atoms with Gasteiger partial charge in [0.2, 0.25) is 0 Å². The van der Waals surface area contributed by atoms with E-state index in [1.165, 1.54) is 0 Å². The van der Waals surface area contributed by atoms with Crippen LogP contribution in [0.3, 0.4) is 0 Å². The highest BCUT2D eigenvalue weighted by molar-refractivity contribution is 5.99. The third-order valence-corrected chi connectivity index (χ3v) is 2.63. The third-order valence-electron chi connectivity index (χ3n) is 2.63. The highest BCUT2D eigenvalue weighted by Gasteiger charge is 2.06. The van der Waals surface area contributed by atoms with E-state index in [1.807, 2.05) is 37.3 Å². The van der Waals surface area contributed by atoms with Crippen LogP contribution in [0.2, 0.25) is 0 Å². The number of anilines is 3. The minimum Gasteiger partial charge on any atom is -0.398 e. The Balaban J connectivity index is 2.30. The topological polar surface area (TPSA) is 81.1 Å². The molecule has 0 radical (unpaired) electrons. The summed E-state index contributed by atoms with van der Waals surface area (Å²) in [5.74, 6) is -0.527. The van der Waals surface area contributed by atoms with Crippen molar-refractivity contribution in [3.05, 3.63) is 53.6 Å². The molecule has 5 N–H and O–H groups in total. The fraction of sp³-hybridized carbons (Fsp3) is 0.0714. The molecule has 4 heteroatoms. The molecule has 2 rings (SSSR count). The molecule has 0 aliphatic carbocycles. The van der Waals surface area contributed by atoms with E-state index < -0.39 is 5.91 Å². The van der Waals surface area contributed by atoms with Crippen molar-refractivity contribution in [1.29, 1.82) is 0 Å². The van der Waals surface area contributed by atoms with E-state index >= 15 is 0 Å². The molecular weight excluding hydrogens is 226 g/mol. The number of hydrogen-bond donors (Lipinski definition) is 3. The fourth-order valence-corrected chi connectivity index (χ4v) is 1.74. The Morgan fingerprint density at radius 3 is 2.50 bits per heavy atom. The van der Waals surface area contributed by atoms with E-state index in [9.17, 15) is 4.79 Å². The van der Waals surface area contributed by atoms with E-state index in [2.05, 4.69) is 5.32 Å². The van der Waals surface area contributed by atoms with Gasteiger partial charge in [-0.05, 0) is 42.8 Å². The summed E-state index contributed by atoms with van der Waals surface area (Å²) in [5.41, 5.74) is 14.5. The number of nitrogen functional groups attached to an aromatic ring is 1. The Labute approximate surface area is 106 Å². The molecule has 0 atom stereocenters. The maximum absolute atomic E-state index is 11.2. The Morgan fingerprint density at radius 2 is 1.83 bits per heavy atom. The van der Waals surface area contributed by atoms with E-state index in [1.54, 1.807) is 12.1 Å². The van der Waals surface area contributed by atoms with Crippen LogP contribution in [-0.2, 0) is 0 Å². The molecule has 92 valence electrons. The molecule has 0 aliphatic rings. The zero-order valence-corrected chi connectivity index (χ0v) is 10.1. The molecule has 0 saturated carbocycles. The van der Waals surface area contributed by atoms with Gasteiger partial charge in [0.1, 0.15) is 0 Å². The maximum Gasteiger partial charge on any atom is 0.250 e. The zero-order valence-electron chi connectivity index (χ0n) is 10.1. The predicted molar refractivity (Wildman–Crippen MR) is 73.8 cm³/mol. The second-order valence-electron chi connectivity index (χ2n) is 4.16. The number of aryl methyl sites for hydroxylation is 1. The van der Waals surface area contributed by atoms with Crippen molar-refractivity contribution in [2.24, 2.45) is 5.73 Å². The number of primary amides is 1. The first-order valence-corrected chi connectivity index (χ1v) is 5.59. The van der Waals surface area contributed by atoms with Crippen LogP contribution in [0, 0.1) is 6.92 Å². The Kier molecular flexibility index (Phi) is 3.19. The molecule has 4 nitrogen and oxygen atoms in total. The van der Waals surface area contributed by atoms with Crippen LogP contribution in [0.1, 0.15) is 15.9 Å². The lowest BCUT2D eigenvalue weighted by Crippen LogP contribution is -2.13. The quantitative estimate of drug-likeness (QED) is 0.722. The van der Waals surface area contributed by atoms with Crippen molar-refractivity contribution in [2.45, 2.75) is 6.92 Å². The maximum atomic E-state index is 11.2. The molecule has 0 spiro atoms. The molecule has 2 aromatic carbocycles. The summed E-state index contributed by atoms with van der Waals surface area (Å²) in [6.07, 6.45) is 0. The largest absolute Gasteiger partial charge is 0.398 e. The predicted octanol–water partition coefficient (Wildman–Crippen LogP) is 2.42. The van der Waals surface area contributed by atoms with Gasteiger partial charge in [0, 0.05) is 17.1 Å². The smallest absolute Gasteiger partial charge is 0.250 e. The Hall–Kier alpha value is -2.49. The van der Waals surface area contributed by atoms with E-state index in [-0.39, 0.29) is 0 Å². The molecule has 0 aliphatic heterocycles. The van der Waals surface area contributed by atoms with Crippen LogP contribution < -0.4 is 16.8 Å². The number of hydrogen-bond acceptors (Lipinski definition) is 3. The first kappa shape index (κ1) is 12.0. The van der Waals surface area contributed by atoms with Gasteiger partial charge in [0.05, 0.1) is 5.56 Å². The molecule has 0 fully saturated rings. The number of rotatable bonds is 3. The van der Waals surface area contributed by atoms with Crippen LogP contribution >= 0.6 is 0 Å². The van der Waals surface area contributed by atoms with Crippen molar-refractivity contribution in [3.8, 4) is 0 Å². The summed E-state index contributed by atoms with van der Waals surface area (Å²) in [7, 11) is 0. The van der Waals surface area contributed by atoms with Crippen LogP contribution in [-0.4, -0.2) is 5.91 Å². The zero-order chi connectivity index (χ0) is 13.1. The summed E-state index contributed by atoms with van der Waals surface area (Å²) < 4.78 is 0. The lowest BCUT2D eigenvalue weighted by Gasteiger charge is -2.09. The number of carbonyl (C=O) groups is 1. The lowest BCUT2D eigenvalue weighted by atomic mass is 10.1. The van der Waals surface area contributed by atoms with Crippen LogP contribution in [0.15, 0.2) is 42.5 Å². The molecule has 0 bridgehead atoms. The first-order chi connectivity index (χ1) is 8.56. The molecular formula is C14H15N3O. The van der Waals surface area contributed by atoms with Crippen molar-refractivity contribution < 1.29 is 4.79 Å². The van der Waals surface area contributed by atoms with Gasteiger partial charge in [-0.15, -0.1) is 0 Å². The first-order valence-electron chi connectivity index (χ1n) is 5.59. The van der Waals surface area contributed by atoms with Gasteiger partial charge in [0.25, 0.3) is 5.91 Å². The third kappa shape index (κ3) is 2.60. The van der Waals surface area contributed by atoms with Gasteiger partial charge in [0.15, 0.2) is 0 Å². The van der Waals surface area contributed by atoms with E-state index in [0.717, 1.165) is 16.9 Å². The van der Waals surface area contributed by atoms with Gasteiger partial charge < -0.3 is 16.8 Å². The number of carbonyl (C=O) groups excluding carboxylic acids is 1. The van der Waals surface area contributed by atoms with Crippen molar-refractivity contribution >= 4 is 23.0 Å². The van der Waals surface area contributed by atoms with Crippen LogP contribution in [0.4, 0.5) is 17.1 Å². The normalized spacial score (nSPS) is 10.1. The van der Waals surface area contributed by atoms with Crippen LogP contribution in [0.5, 0.6) is 0 Å². The van der Waals surface area contributed by atoms with E-state index in [0.29, 0.717) is 11.3 Å². The number of nitrogens with two attached hydrogens (primary N) is 2. The average molecular weight is 241 g/mol. The summed E-state index contributed by atoms with van der Waals surface area (Å²) in [6, 6.07) is 13.1. The van der Waals surface area contributed by atoms with Gasteiger partial charge in [-0.25, -0.2) is 0 Å². The van der Waals surface area contributed by atoms with Gasteiger partial charge in [-0.1, -0.05) is 12.1 Å². The molecule has 0 saturated heterocycles. The summed E-state index contributed by atoms with van der Waals surface area (Å²) >= 11 is 0. The lowest BCUT2D eigenvalue weighted by molar-refractivity contribution is 0.100. The van der Waals surface area contributed by atoms with Crippen LogP contribution in [0.25, 0.3) is 0 Å². The van der Waals surface area contributed by atoms with Gasteiger partial charge in [-0.2, -0.15) is 0 Å². The monoisotopic (exact) mass is 241 g/mol. The van der Waals surface area contributed by atoms with Gasteiger partial charge >= 0.3 is 0 Å². The van der Waals surface area contributed by atoms with Crippen molar-refractivity contribution in [1.82, 2.24) is 0 Å². The number of nitrogens with one attached hydrogen (secondary N) is 1. The van der Waals surface area contributed by atoms with E-state index in [4.69, 9.17) is 11.5 Å². The SMILES string of the molecule is Cc1cccc(Nc2ccc(N)c(C(N)=O)c2)c1. The number of amides is 1. The molecule has 0 heterocycles. The molecule has 18 heavy (non-hydrogen) atoms. The standard InChI is InChI=1S/C14H15N3O/c1-9-3-2-4-10(7-9)17-11-5-6-13(15)12(8-11)14(16)18/h2-8,17H,15H2,1H3,(H2,16,18). The molecule has 0 aromatic heterocycles. The van der Waals surface area contributed by atoms with Crippen molar-refractivity contribution in [2.75, 3.05) is 11.1 Å².